The Morgan fingerprint density at radius 2 is 0.960 bits per heavy atom. The fourth-order valence-corrected chi connectivity index (χ4v) is 7.46. The van der Waals surface area contributed by atoms with E-state index in [4.69, 9.17) is 14.2 Å². The third-order valence-electron chi connectivity index (χ3n) is 10.9. The second-order valence-electron chi connectivity index (χ2n) is 14.3. The molecule has 50 heavy (non-hydrogen) atoms. The van der Waals surface area contributed by atoms with Gasteiger partial charge in [0, 0.05) is 10.8 Å². The second-order valence-corrected chi connectivity index (χ2v) is 14.3. The Bertz CT molecular complexity index is 1690. The molecular formula is C44H58O6. The molecule has 1 fully saturated rings. The van der Waals surface area contributed by atoms with Crippen LogP contribution in [0, 0.1) is 27.7 Å². The zero-order valence-corrected chi connectivity index (χ0v) is 31.8. The highest BCUT2D eigenvalue weighted by Crippen LogP contribution is 2.43. The number of rotatable bonds is 11. The number of ether oxygens (including phenoxy) is 3. The predicted molar refractivity (Wildman–Crippen MR) is 203 cm³/mol. The van der Waals surface area contributed by atoms with Crippen LogP contribution in [-0.4, -0.2) is 40.4 Å². The molecule has 6 nitrogen and oxygen atoms in total. The summed E-state index contributed by atoms with van der Waals surface area (Å²) >= 11 is 0. The summed E-state index contributed by atoms with van der Waals surface area (Å²) in [6.07, 6.45) is 3.86. The Morgan fingerprint density at radius 1 is 0.600 bits per heavy atom. The van der Waals surface area contributed by atoms with Gasteiger partial charge in [0.15, 0.2) is 5.79 Å². The zero-order chi connectivity index (χ0) is 36.9. The highest BCUT2D eigenvalue weighted by atomic mass is 16.7. The molecule has 1 aliphatic rings. The molecule has 6 heteroatoms. The van der Waals surface area contributed by atoms with Gasteiger partial charge in [-0.15, -0.1) is 0 Å². The maximum atomic E-state index is 9.95. The molecule has 0 saturated carbocycles. The average molecular weight is 683 g/mol. The first-order valence-corrected chi connectivity index (χ1v) is 18.1. The summed E-state index contributed by atoms with van der Waals surface area (Å²) in [6, 6.07) is 24.2. The van der Waals surface area contributed by atoms with Gasteiger partial charge in [-0.1, -0.05) is 76.2 Å². The van der Waals surface area contributed by atoms with E-state index in [1.807, 2.05) is 52.8 Å². The molecule has 0 bridgehead atoms. The van der Waals surface area contributed by atoms with Crippen molar-refractivity contribution in [3.63, 3.8) is 0 Å². The molecular weight excluding hydrogens is 624 g/mol. The summed E-state index contributed by atoms with van der Waals surface area (Å²) in [5, 5.41) is 29.5. The third-order valence-corrected chi connectivity index (χ3v) is 10.9. The van der Waals surface area contributed by atoms with Crippen molar-refractivity contribution >= 4 is 0 Å². The standard InChI is InChI=1S/C25H34O4.C19H24O2/c1-7-25(8-2,19-9-11-22(26)17(3)13-19)20-10-12-23(18(4)14-20)27-15-21-16-28-24(5,6)29-21;1-5-19(6-2,15-7-9-17(20)13(3)11-15)16-8-10-18(21)14(4)12-16/h9-14,21,26H,7-8,15-16H2,1-6H3;7-12,20-21H,5-6H2,1-4H3. The van der Waals surface area contributed by atoms with Gasteiger partial charge >= 0.3 is 0 Å². The minimum atomic E-state index is -0.531. The molecule has 0 aromatic heterocycles. The lowest BCUT2D eigenvalue weighted by Crippen LogP contribution is -2.27. The van der Waals surface area contributed by atoms with Crippen molar-refractivity contribution in [2.45, 2.75) is 118 Å². The summed E-state index contributed by atoms with van der Waals surface area (Å²) in [5.41, 5.74) is 8.59. The number of benzene rings is 4. The van der Waals surface area contributed by atoms with E-state index in [1.54, 1.807) is 18.2 Å². The van der Waals surface area contributed by atoms with Crippen molar-refractivity contribution in [3.05, 3.63) is 117 Å². The van der Waals surface area contributed by atoms with Crippen LogP contribution >= 0.6 is 0 Å². The van der Waals surface area contributed by atoms with E-state index in [2.05, 4.69) is 71.0 Å². The zero-order valence-electron chi connectivity index (χ0n) is 31.8. The van der Waals surface area contributed by atoms with Crippen molar-refractivity contribution < 1.29 is 29.5 Å². The fourth-order valence-electron chi connectivity index (χ4n) is 7.46. The van der Waals surface area contributed by atoms with Gasteiger partial charge in [-0.05, 0) is 136 Å². The van der Waals surface area contributed by atoms with Crippen molar-refractivity contribution in [1.82, 2.24) is 0 Å². The minimum absolute atomic E-state index is 0.0468. The minimum Gasteiger partial charge on any atom is -0.508 e. The molecule has 1 unspecified atom stereocenters. The molecule has 0 amide bonds. The average Bonchev–Trinajstić information content (AvgIpc) is 3.45. The Labute approximate surface area is 300 Å². The monoisotopic (exact) mass is 682 g/mol. The van der Waals surface area contributed by atoms with Crippen LogP contribution in [0.2, 0.25) is 0 Å². The van der Waals surface area contributed by atoms with Gasteiger partial charge < -0.3 is 29.5 Å². The lowest BCUT2D eigenvalue weighted by atomic mass is 9.70. The molecule has 5 rings (SSSR count). The van der Waals surface area contributed by atoms with Gasteiger partial charge in [-0.2, -0.15) is 0 Å². The first-order valence-electron chi connectivity index (χ1n) is 18.1. The molecule has 1 aliphatic heterocycles. The van der Waals surface area contributed by atoms with E-state index < -0.39 is 5.79 Å². The molecule has 0 spiro atoms. The van der Waals surface area contributed by atoms with E-state index in [1.165, 1.54) is 22.3 Å². The van der Waals surface area contributed by atoms with E-state index >= 15 is 0 Å². The molecule has 1 saturated heterocycles. The van der Waals surface area contributed by atoms with Gasteiger partial charge in [-0.3, -0.25) is 0 Å². The van der Waals surface area contributed by atoms with Gasteiger partial charge in [0.1, 0.15) is 35.7 Å². The fraction of sp³-hybridized carbons (Fsp3) is 0.455. The third kappa shape index (κ3) is 8.14. The SMILES string of the molecule is CCC(CC)(c1ccc(O)c(C)c1)c1ccc(O)c(C)c1.CCC(CC)(c1ccc(O)c(C)c1)c1ccc(OCC2COC(C)(C)O2)c(C)c1. The van der Waals surface area contributed by atoms with Gasteiger partial charge in [0.05, 0.1) is 6.61 Å². The Hall–Kier alpha value is -4.00. The number of hydrogen-bond acceptors (Lipinski definition) is 6. The van der Waals surface area contributed by atoms with Crippen molar-refractivity contribution in [2.75, 3.05) is 13.2 Å². The van der Waals surface area contributed by atoms with Crippen LogP contribution in [0.5, 0.6) is 23.0 Å². The van der Waals surface area contributed by atoms with Crippen molar-refractivity contribution in [1.29, 1.82) is 0 Å². The summed E-state index contributed by atoms with van der Waals surface area (Å²) < 4.78 is 17.5. The van der Waals surface area contributed by atoms with E-state index in [-0.39, 0.29) is 16.9 Å². The lowest BCUT2D eigenvalue weighted by molar-refractivity contribution is -0.141. The van der Waals surface area contributed by atoms with Gasteiger partial charge in [-0.25, -0.2) is 0 Å². The number of aryl methyl sites for hydroxylation is 4. The molecule has 4 aromatic carbocycles. The smallest absolute Gasteiger partial charge is 0.163 e. The highest BCUT2D eigenvalue weighted by Gasteiger charge is 2.34. The first kappa shape index (κ1) is 38.8. The number of aromatic hydroxyl groups is 3. The number of hydrogen-bond donors (Lipinski definition) is 3. The predicted octanol–water partition coefficient (Wildman–Crippen LogP) is 10.5. The van der Waals surface area contributed by atoms with E-state index in [0.29, 0.717) is 30.5 Å². The molecule has 3 N–H and O–H groups in total. The van der Waals surface area contributed by atoms with E-state index in [9.17, 15) is 15.3 Å². The maximum absolute atomic E-state index is 9.95. The molecule has 4 aromatic rings. The Kier molecular flexibility index (Phi) is 12.3. The first-order chi connectivity index (χ1) is 23.6. The van der Waals surface area contributed by atoms with Crippen LogP contribution < -0.4 is 4.74 Å². The van der Waals surface area contributed by atoms with Crippen LogP contribution in [-0.2, 0) is 20.3 Å². The Balaban J connectivity index is 0.000000237. The van der Waals surface area contributed by atoms with Gasteiger partial charge in [0.2, 0.25) is 0 Å². The largest absolute Gasteiger partial charge is 0.508 e. The molecule has 1 heterocycles. The van der Waals surface area contributed by atoms with Gasteiger partial charge in [0.25, 0.3) is 0 Å². The number of phenolic OH excluding ortho intramolecular Hbond substituents is 3. The second kappa shape index (κ2) is 15.9. The van der Waals surface area contributed by atoms with Crippen LogP contribution in [0.4, 0.5) is 0 Å². The molecule has 0 aliphatic carbocycles. The molecule has 0 radical (unpaired) electrons. The van der Waals surface area contributed by atoms with Crippen molar-refractivity contribution in [3.8, 4) is 23.0 Å². The number of phenols is 3. The summed E-state index contributed by atoms with van der Waals surface area (Å²) in [6.45, 7) is 21.6. The summed E-state index contributed by atoms with van der Waals surface area (Å²) in [5.74, 6) is 1.36. The molecule has 270 valence electrons. The van der Waals surface area contributed by atoms with Crippen molar-refractivity contribution in [2.24, 2.45) is 0 Å². The summed E-state index contributed by atoms with van der Waals surface area (Å²) in [7, 11) is 0. The normalized spacial score (nSPS) is 15.8. The van der Waals surface area contributed by atoms with Crippen LogP contribution in [0.3, 0.4) is 0 Å². The van der Waals surface area contributed by atoms with Crippen LogP contribution in [0.25, 0.3) is 0 Å². The quantitative estimate of drug-likeness (QED) is 0.146. The van der Waals surface area contributed by atoms with Crippen LogP contribution in [0.15, 0.2) is 72.8 Å². The lowest BCUT2D eigenvalue weighted by Gasteiger charge is -2.34. The maximum Gasteiger partial charge on any atom is 0.163 e. The van der Waals surface area contributed by atoms with Crippen LogP contribution in [0.1, 0.15) is 112 Å². The topological polar surface area (TPSA) is 88.4 Å². The summed E-state index contributed by atoms with van der Waals surface area (Å²) in [4.78, 5) is 0. The highest BCUT2D eigenvalue weighted by molar-refractivity contribution is 5.49. The van der Waals surface area contributed by atoms with E-state index in [0.717, 1.165) is 53.7 Å². The molecule has 1 atom stereocenters. The Morgan fingerprint density at radius 3 is 1.26 bits per heavy atom.